The Balaban J connectivity index is 1.72. The molecule has 1 N–H and O–H groups in total. The number of benzene rings is 1. The zero-order valence-electron chi connectivity index (χ0n) is 15.3. The van der Waals surface area contributed by atoms with E-state index in [2.05, 4.69) is 0 Å². The average molecular weight is 400 g/mol. The molecular formula is C18H21F3N3O4+. The molecule has 2 atom stereocenters. The first-order valence-corrected chi connectivity index (χ1v) is 9.02. The van der Waals surface area contributed by atoms with E-state index >= 15 is 0 Å². The molecule has 7 nitrogen and oxygen atoms in total. The number of halogens is 3. The number of rotatable bonds is 6. The number of quaternary nitrogens is 1. The first-order chi connectivity index (χ1) is 13.2. The second-order valence-corrected chi connectivity index (χ2v) is 6.79. The first kappa shape index (κ1) is 20.1. The first-order valence-electron chi connectivity index (χ1n) is 9.02. The number of nitrogens with one attached hydrogen (secondary N) is 1. The largest absolute Gasteiger partial charge is 0.494 e. The number of amides is 4. The average Bonchev–Trinajstić information content (AvgIpc) is 3.17. The molecule has 10 heteroatoms. The number of carbonyl (C=O) groups excluding carboxylic acids is 3. The van der Waals surface area contributed by atoms with E-state index in [0.717, 1.165) is 29.1 Å². The molecule has 0 aromatic heterocycles. The van der Waals surface area contributed by atoms with Crippen molar-refractivity contribution in [2.24, 2.45) is 0 Å². The Morgan fingerprint density at radius 2 is 1.75 bits per heavy atom. The van der Waals surface area contributed by atoms with Gasteiger partial charge in [-0.15, -0.1) is 0 Å². The summed E-state index contributed by atoms with van der Waals surface area (Å²) in [6, 6.07) is 6.22. The van der Waals surface area contributed by atoms with Gasteiger partial charge in [0, 0.05) is 18.4 Å². The number of urea groups is 1. The molecule has 1 aromatic rings. The van der Waals surface area contributed by atoms with Crippen LogP contribution in [0.4, 0.5) is 18.0 Å². The normalized spacial score (nSPS) is 23.1. The highest BCUT2D eigenvalue weighted by atomic mass is 19.4. The van der Waals surface area contributed by atoms with Crippen molar-refractivity contribution in [1.82, 2.24) is 9.80 Å². The van der Waals surface area contributed by atoms with Crippen LogP contribution in [0, 0.1) is 0 Å². The highest BCUT2D eigenvalue weighted by Crippen LogP contribution is 2.24. The maximum absolute atomic E-state index is 12.6. The van der Waals surface area contributed by atoms with E-state index in [4.69, 9.17) is 4.74 Å². The lowest BCUT2D eigenvalue weighted by molar-refractivity contribution is -0.925. The molecule has 152 valence electrons. The molecule has 2 fully saturated rings. The lowest BCUT2D eigenvalue weighted by Gasteiger charge is -2.25. The van der Waals surface area contributed by atoms with Crippen LogP contribution in [0.1, 0.15) is 31.4 Å². The second-order valence-electron chi connectivity index (χ2n) is 6.79. The van der Waals surface area contributed by atoms with E-state index in [0.29, 0.717) is 18.1 Å². The van der Waals surface area contributed by atoms with Crippen molar-refractivity contribution in [1.29, 1.82) is 0 Å². The molecule has 0 aliphatic carbocycles. The number of ether oxygens (including phenoxy) is 1. The van der Waals surface area contributed by atoms with Crippen molar-refractivity contribution in [3.63, 3.8) is 0 Å². The molecule has 2 heterocycles. The summed E-state index contributed by atoms with van der Waals surface area (Å²) >= 11 is 0. The zero-order valence-corrected chi connectivity index (χ0v) is 15.3. The summed E-state index contributed by atoms with van der Waals surface area (Å²) in [5.41, 5.74) is 0.980. The van der Waals surface area contributed by atoms with Crippen LogP contribution in [0.15, 0.2) is 24.3 Å². The van der Waals surface area contributed by atoms with Crippen molar-refractivity contribution >= 4 is 17.8 Å². The smallest absolute Gasteiger partial charge is 0.406 e. The maximum Gasteiger partial charge on any atom is 0.406 e. The van der Waals surface area contributed by atoms with Gasteiger partial charge in [-0.3, -0.25) is 9.59 Å². The Kier molecular flexibility index (Phi) is 5.59. The van der Waals surface area contributed by atoms with E-state index in [1.165, 1.54) is 0 Å². The lowest BCUT2D eigenvalue weighted by atomic mass is 10.0. The fourth-order valence-corrected chi connectivity index (χ4v) is 3.68. The van der Waals surface area contributed by atoms with Crippen molar-refractivity contribution in [2.45, 2.75) is 32.0 Å². The van der Waals surface area contributed by atoms with Crippen LogP contribution < -0.4 is 9.64 Å². The SMILES string of the molecule is CCOc1ccc([C@H]2CCC[NH+]2CN2C(=O)C(=O)N(CC(F)(F)F)C2=O)cc1. The van der Waals surface area contributed by atoms with Crippen molar-refractivity contribution in [3.8, 4) is 5.75 Å². The highest BCUT2D eigenvalue weighted by molar-refractivity contribution is 6.44. The molecule has 0 spiro atoms. The van der Waals surface area contributed by atoms with Crippen LogP contribution >= 0.6 is 0 Å². The standard InChI is InChI=1S/C18H20F3N3O4/c1-2-28-13-7-5-12(6-8-13)14-4-3-9-22(14)11-24-16(26)15(25)23(17(24)27)10-18(19,20)21/h5-8,14H,2-4,9-11H2,1H3/p+1/t14-/m1/s1. The minimum absolute atomic E-state index is 0.0250. The predicted molar refractivity (Wildman–Crippen MR) is 90.3 cm³/mol. The molecule has 0 saturated carbocycles. The predicted octanol–water partition coefficient (Wildman–Crippen LogP) is 1.12. The van der Waals surface area contributed by atoms with Gasteiger partial charge in [0.2, 0.25) is 0 Å². The number of hydrogen-bond acceptors (Lipinski definition) is 4. The molecule has 4 amide bonds. The van der Waals surface area contributed by atoms with Crippen LogP contribution in [-0.2, 0) is 9.59 Å². The van der Waals surface area contributed by atoms with Crippen molar-refractivity contribution in [2.75, 3.05) is 26.4 Å². The molecule has 2 aliphatic rings. The third kappa shape index (κ3) is 4.11. The van der Waals surface area contributed by atoms with Crippen LogP contribution in [-0.4, -0.2) is 60.2 Å². The van der Waals surface area contributed by atoms with Gasteiger partial charge in [0.05, 0.1) is 13.2 Å². The molecule has 3 rings (SSSR count). The summed E-state index contributed by atoms with van der Waals surface area (Å²) in [5, 5.41) is 0. The number of hydrogen-bond donors (Lipinski definition) is 1. The minimum atomic E-state index is -4.76. The van der Waals surface area contributed by atoms with Crippen LogP contribution in [0.3, 0.4) is 0 Å². The molecule has 1 unspecified atom stereocenters. The highest BCUT2D eigenvalue weighted by Gasteiger charge is 2.50. The quantitative estimate of drug-likeness (QED) is 0.574. The van der Waals surface area contributed by atoms with Gasteiger partial charge < -0.3 is 9.64 Å². The van der Waals surface area contributed by atoms with Gasteiger partial charge >= 0.3 is 24.0 Å². The Morgan fingerprint density at radius 3 is 2.36 bits per heavy atom. The Hall–Kier alpha value is -2.62. The van der Waals surface area contributed by atoms with E-state index in [1.54, 1.807) is 0 Å². The number of carbonyl (C=O) groups is 3. The molecule has 2 saturated heterocycles. The fourth-order valence-electron chi connectivity index (χ4n) is 3.68. The Bertz CT molecular complexity index is 766. The van der Waals surface area contributed by atoms with Gasteiger partial charge in [0.25, 0.3) is 0 Å². The molecular weight excluding hydrogens is 379 g/mol. The molecule has 1 aromatic carbocycles. The van der Waals surface area contributed by atoms with Gasteiger partial charge in [0.1, 0.15) is 18.3 Å². The third-order valence-electron chi connectivity index (χ3n) is 4.91. The van der Waals surface area contributed by atoms with E-state index in [1.807, 2.05) is 31.2 Å². The van der Waals surface area contributed by atoms with Crippen LogP contribution in [0.2, 0.25) is 0 Å². The molecule has 0 bridgehead atoms. The summed E-state index contributed by atoms with van der Waals surface area (Å²) in [7, 11) is 0. The van der Waals surface area contributed by atoms with Gasteiger partial charge in [-0.25, -0.2) is 14.6 Å². The van der Waals surface area contributed by atoms with Gasteiger partial charge in [0.15, 0.2) is 6.67 Å². The topological polar surface area (TPSA) is 71.4 Å². The number of likely N-dealkylation sites (tertiary alicyclic amines) is 1. The van der Waals surface area contributed by atoms with Crippen LogP contribution in [0.5, 0.6) is 5.75 Å². The van der Waals surface area contributed by atoms with Gasteiger partial charge in [-0.05, 0) is 31.2 Å². The minimum Gasteiger partial charge on any atom is -0.494 e. The van der Waals surface area contributed by atoms with Gasteiger partial charge in [-0.1, -0.05) is 0 Å². The number of nitrogens with zero attached hydrogens (tertiary/aromatic N) is 2. The lowest BCUT2D eigenvalue weighted by Crippen LogP contribution is -3.12. The fraction of sp³-hybridized carbons (Fsp3) is 0.500. The summed E-state index contributed by atoms with van der Waals surface area (Å²) in [4.78, 5) is 37.6. The molecule has 2 aliphatic heterocycles. The van der Waals surface area contributed by atoms with Crippen LogP contribution in [0.25, 0.3) is 0 Å². The van der Waals surface area contributed by atoms with E-state index in [-0.39, 0.29) is 17.6 Å². The Labute approximate surface area is 159 Å². The second kappa shape index (κ2) is 7.78. The summed E-state index contributed by atoms with van der Waals surface area (Å²) in [6.07, 6.45) is -3.11. The maximum atomic E-state index is 12.6. The third-order valence-corrected chi connectivity index (χ3v) is 4.91. The summed E-state index contributed by atoms with van der Waals surface area (Å²) < 4.78 is 43.2. The zero-order chi connectivity index (χ0) is 20.5. The summed E-state index contributed by atoms with van der Waals surface area (Å²) in [5.74, 6) is -1.92. The summed E-state index contributed by atoms with van der Waals surface area (Å²) in [6.45, 7) is 1.16. The number of imide groups is 2. The van der Waals surface area contributed by atoms with E-state index < -0.39 is 30.6 Å². The van der Waals surface area contributed by atoms with Gasteiger partial charge in [-0.2, -0.15) is 13.2 Å². The Morgan fingerprint density at radius 1 is 1.11 bits per heavy atom. The molecule has 0 radical (unpaired) electrons. The number of alkyl halides is 3. The van der Waals surface area contributed by atoms with E-state index in [9.17, 15) is 27.6 Å². The van der Waals surface area contributed by atoms with Crippen molar-refractivity contribution in [3.05, 3.63) is 29.8 Å². The molecule has 28 heavy (non-hydrogen) atoms. The van der Waals surface area contributed by atoms with Crippen molar-refractivity contribution < 1.29 is 37.2 Å². The monoisotopic (exact) mass is 400 g/mol.